The molecule has 2 N–H and O–H groups in total. The zero-order chi connectivity index (χ0) is 14.6. The van der Waals surface area contributed by atoms with Crippen molar-refractivity contribution in [3.05, 3.63) is 12.2 Å². The molecule has 1 aliphatic rings. The van der Waals surface area contributed by atoms with Gasteiger partial charge in [0, 0.05) is 25.6 Å². The number of hydrogen-bond donors (Lipinski definition) is 2. The van der Waals surface area contributed by atoms with Gasteiger partial charge in [0.1, 0.15) is 12.2 Å². The van der Waals surface area contributed by atoms with E-state index in [2.05, 4.69) is 34.7 Å². The van der Waals surface area contributed by atoms with Crippen LogP contribution in [0.25, 0.3) is 0 Å². The molecule has 1 aliphatic carbocycles. The Bertz CT molecular complexity index is 454. The van der Waals surface area contributed by atoms with Gasteiger partial charge in [0.15, 0.2) is 0 Å². The van der Waals surface area contributed by atoms with Crippen molar-refractivity contribution in [1.82, 2.24) is 25.4 Å². The third-order valence-corrected chi connectivity index (χ3v) is 4.21. The summed E-state index contributed by atoms with van der Waals surface area (Å²) in [6.07, 6.45) is 6.00. The Morgan fingerprint density at radius 3 is 3.00 bits per heavy atom. The van der Waals surface area contributed by atoms with Gasteiger partial charge in [0.2, 0.25) is 0 Å². The molecule has 0 aromatic carbocycles. The summed E-state index contributed by atoms with van der Waals surface area (Å²) in [5, 5.41) is 13.9. The number of aromatic nitrogens is 3. The zero-order valence-electron chi connectivity index (χ0n) is 12.6. The molecule has 0 spiro atoms. The predicted molar refractivity (Wildman–Crippen MR) is 77.4 cm³/mol. The first-order valence-electron chi connectivity index (χ1n) is 7.44. The van der Waals surface area contributed by atoms with Crippen LogP contribution in [-0.2, 0) is 13.0 Å². The molecule has 1 aromatic rings. The maximum Gasteiger partial charge on any atom is 0.315 e. The number of aryl methyl sites for hydroxylation is 1. The Hall–Kier alpha value is -1.59. The van der Waals surface area contributed by atoms with E-state index in [0.29, 0.717) is 13.1 Å². The van der Waals surface area contributed by atoms with Gasteiger partial charge in [-0.25, -0.2) is 4.79 Å². The fourth-order valence-corrected chi connectivity index (χ4v) is 2.83. The Kier molecular flexibility index (Phi) is 4.62. The molecule has 2 rings (SSSR count). The lowest BCUT2D eigenvalue weighted by Crippen LogP contribution is -2.47. The first-order valence-corrected chi connectivity index (χ1v) is 7.44. The number of hydrogen-bond acceptors (Lipinski definition) is 3. The van der Waals surface area contributed by atoms with Crippen LogP contribution in [0.5, 0.6) is 0 Å². The van der Waals surface area contributed by atoms with Crippen LogP contribution in [0.2, 0.25) is 0 Å². The van der Waals surface area contributed by atoms with Gasteiger partial charge in [-0.1, -0.05) is 27.2 Å². The second-order valence-corrected chi connectivity index (χ2v) is 6.13. The summed E-state index contributed by atoms with van der Waals surface area (Å²) < 4.78 is 1.97. The summed E-state index contributed by atoms with van der Waals surface area (Å²) >= 11 is 0. The fourth-order valence-electron chi connectivity index (χ4n) is 2.83. The average molecular weight is 279 g/mol. The third kappa shape index (κ3) is 3.49. The van der Waals surface area contributed by atoms with Crippen LogP contribution in [-0.4, -0.2) is 33.4 Å². The first kappa shape index (κ1) is 14.8. The van der Waals surface area contributed by atoms with Gasteiger partial charge in [-0.15, -0.1) is 10.2 Å². The van der Waals surface area contributed by atoms with Gasteiger partial charge in [0.05, 0.1) is 0 Å². The molecule has 1 atom stereocenters. The van der Waals surface area contributed by atoms with Crippen LogP contribution in [0.4, 0.5) is 4.79 Å². The monoisotopic (exact) mass is 279 g/mol. The molecule has 1 aromatic heterocycles. The molecule has 20 heavy (non-hydrogen) atoms. The lowest BCUT2D eigenvalue weighted by atomic mass is 9.87. The fraction of sp³-hybridized carbons (Fsp3) is 0.786. The number of nitrogens with one attached hydrogen (secondary N) is 2. The Morgan fingerprint density at radius 1 is 1.55 bits per heavy atom. The van der Waals surface area contributed by atoms with E-state index in [9.17, 15) is 4.79 Å². The molecular weight excluding hydrogens is 254 g/mol. The van der Waals surface area contributed by atoms with E-state index in [1.54, 1.807) is 6.33 Å². The van der Waals surface area contributed by atoms with Crippen molar-refractivity contribution in [2.75, 3.05) is 6.54 Å². The van der Waals surface area contributed by atoms with E-state index >= 15 is 0 Å². The minimum atomic E-state index is -0.0731. The Labute approximate surface area is 120 Å². The summed E-state index contributed by atoms with van der Waals surface area (Å²) in [5.74, 6) is 0.948. The third-order valence-electron chi connectivity index (χ3n) is 4.21. The van der Waals surface area contributed by atoms with Gasteiger partial charge in [-0.3, -0.25) is 0 Å². The molecule has 6 heteroatoms. The summed E-state index contributed by atoms with van der Waals surface area (Å²) in [6, 6.07) is 0.208. The summed E-state index contributed by atoms with van der Waals surface area (Å²) in [5.41, 5.74) is 0.209. The van der Waals surface area contributed by atoms with Crippen molar-refractivity contribution in [3.63, 3.8) is 0 Å². The van der Waals surface area contributed by atoms with E-state index in [1.807, 2.05) is 11.5 Å². The van der Waals surface area contributed by atoms with E-state index in [4.69, 9.17) is 0 Å². The van der Waals surface area contributed by atoms with Gasteiger partial charge >= 0.3 is 6.03 Å². The second kappa shape index (κ2) is 6.24. The van der Waals surface area contributed by atoms with Gasteiger partial charge in [-0.2, -0.15) is 0 Å². The molecule has 112 valence electrons. The number of carbonyl (C=O) groups is 1. The van der Waals surface area contributed by atoms with E-state index in [1.165, 1.54) is 12.8 Å². The highest BCUT2D eigenvalue weighted by atomic mass is 16.2. The number of nitrogens with zero attached hydrogens (tertiary/aromatic N) is 3. The van der Waals surface area contributed by atoms with E-state index in [-0.39, 0.29) is 17.5 Å². The van der Waals surface area contributed by atoms with Gasteiger partial charge in [-0.05, 0) is 18.3 Å². The number of carbonyl (C=O) groups excluding carboxylic acids is 1. The van der Waals surface area contributed by atoms with Crippen LogP contribution in [0.3, 0.4) is 0 Å². The maximum absolute atomic E-state index is 11.9. The van der Waals surface area contributed by atoms with Gasteiger partial charge < -0.3 is 15.2 Å². The van der Waals surface area contributed by atoms with Crippen molar-refractivity contribution in [2.45, 2.75) is 59.0 Å². The number of amides is 2. The molecule has 0 aliphatic heterocycles. The topological polar surface area (TPSA) is 71.8 Å². The predicted octanol–water partition coefficient (Wildman–Crippen LogP) is 1.72. The lowest BCUT2D eigenvalue weighted by Gasteiger charge is -2.27. The van der Waals surface area contributed by atoms with E-state index in [0.717, 1.165) is 18.7 Å². The normalized spacial score (nSPS) is 20.9. The second-order valence-electron chi connectivity index (χ2n) is 6.13. The van der Waals surface area contributed by atoms with Crippen molar-refractivity contribution in [1.29, 1.82) is 0 Å². The van der Waals surface area contributed by atoms with Crippen molar-refractivity contribution in [3.8, 4) is 0 Å². The minimum absolute atomic E-state index is 0.0731. The highest BCUT2D eigenvalue weighted by Gasteiger charge is 2.35. The highest BCUT2D eigenvalue weighted by molar-refractivity contribution is 5.74. The summed E-state index contributed by atoms with van der Waals surface area (Å²) in [7, 11) is 0. The van der Waals surface area contributed by atoms with Crippen molar-refractivity contribution >= 4 is 6.03 Å². The molecule has 0 bridgehead atoms. The van der Waals surface area contributed by atoms with Crippen LogP contribution in [0.1, 0.15) is 45.9 Å². The first-order chi connectivity index (χ1) is 9.53. The molecule has 1 fully saturated rings. The molecule has 1 heterocycles. The molecule has 0 radical (unpaired) electrons. The molecule has 0 saturated heterocycles. The molecule has 6 nitrogen and oxygen atoms in total. The molecule has 2 amide bonds. The van der Waals surface area contributed by atoms with E-state index < -0.39 is 0 Å². The maximum atomic E-state index is 11.9. The van der Waals surface area contributed by atoms with Crippen LogP contribution >= 0.6 is 0 Å². The smallest absolute Gasteiger partial charge is 0.315 e. The standard InChI is InChI=1S/C14H25N5O/c1-4-12-18-16-10-19(12)9-8-15-13(20)17-11-6-5-7-14(11,2)3/h10-11H,4-9H2,1-3H3,(H2,15,17,20)/t11-/m1/s1. The Balaban J connectivity index is 1.73. The van der Waals surface area contributed by atoms with Crippen LogP contribution < -0.4 is 10.6 Å². The van der Waals surface area contributed by atoms with Crippen molar-refractivity contribution in [2.24, 2.45) is 5.41 Å². The summed E-state index contributed by atoms with van der Waals surface area (Å²) in [4.78, 5) is 11.9. The molecule has 1 saturated carbocycles. The zero-order valence-corrected chi connectivity index (χ0v) is 12.6. The van der Waals surface area contributed by atoms with Crippen LogP contribution in [0, 0.1) is 5.41 Å². The van der Waals surface area contributed by atoms with Gasteiger partial charge in [0.25, 0.3) is 0 Å². The number of urea groups is 1. The quantitative estimate of drug-likeness (QED) is 0.862. The molecule has 0 unspecified atom stereocenters. The van der Waals surface area contributed by atoms with Crippen LogP contribution in [0.15, 0.2) is 6.33 Å². The minimum Gasteiger partial charge on any atom is -0.336 e. The summed E-state index contributed by atoms with van der Waals surface area (Å²) in [6.45, 7) is 7.77. The Morgan fingerprint density at radius 2 is 2.35 bits per heavy atom. The highest BCUT2D eigenvalue weighted by Crippen LogP contribution is 2.36. The molecular formula is C14H25N5O. The average Bonchev–Trinajstić information content (AvgIpc) is 2.96. The number of rotatable bonds is 5. The van der Waals surface area contributed by atoms with Crippen molar-refractivity contribution < 1.29 is 4.79 Å². The lowest BCUT2D eigenvalue weighted by molar-refractivity contribution is 0.222. The SMILES string of the molecule is CCc1nncn1CCNC(=O)N[C@@H]1CCCC1(C)C. The largest absolute Gasteiger partial charge is 0.336 e.